The smallest absolute Gasteiger partial charge is 0.258 e. The first-order valence-corrected chi connectivity index (χ1v) is 8.32. The molecule has 1 amide bonds. The maximum absolute atomic E-state index is 12.5. The lowest BCUT2D eigenvalue weighted by Crippen LogP contribution is -2.13. The molecule has 0 atom stereocenters. The van der Waals surface area contributed by atoms with E-state index in [-0.39, 0.29) is 11.7 Å². The van der Waals surface area contributed by atoms with E-state index < -0.39 is 0 Å². The monoisotopic (exact) mass is 360 g/mol. The SMILES string of the molecule is O=C(Nc1nc2ncccc2cc1Cl)c1ccc(-c2ccccc2)nc1. The van der Waals surface area contributed by atoms with Gasteiger partial charge < -0.3 is 5.32 Å². The molecule has 0 aliphatic heterocycles. The largest absolute Gasteiger partial charge is 0.305 e. The number of hydrogen-bond acceptors (Lipinski definition) is 4. The van der Waals surface area contributed by atoms with Gasteiger partial charge in [0, 0.05) is 23.3 Å². The van der Waals surface area contributed by atoms with Crippen LogP contribution in [-0.4, -0.2) is 20.9 Å². The molecule has 3 aromatic heterocycles. The number of rotatable bonds is 3. The van der Waals surface area contributed by atoms with E-state index in [1.54, 1.807) is 30.5 Å². The van der Waals surface area contributed by atoms with Crippen LogP contribution in [0.5, 0.6) is 0 Å². The molecule has 0 fully saturated rings. The number of anilines is 1. The fourth-order valence-corrected chi connectivity index (χ4v) is 2.76. The lowest BCUT2D eigenvalue weighted by Gasteiger charge is -2.08. The van der Waals surface area contributed by atoms with Crippen LogP contribution in [0.1, 0.15) is 10.4 Å². The van der Waals surface area contributed by atoms with E-state index in [1.165, 1.54) is 6.20 Å². The summed E-state index contributed by atoms with van der Waals surface area (Å²) in [6.07, 6.45) is 3.17. The second-order valence-electron chi connectivity index (χ2n) is 5.62. The number of amides is 1. The van der Waals surface area contributed by atoms with E-state index in [0.29, 0.717) is 16.2 Å². The molecular formula is C20H13ClN4O. The van der Waals surface area contributed by atoms with Crippen molar-refractivity contribution in [2.45, 2.75) is 0 Å². The van der Waals surface area contributed by atoms with Crippen LogP contribution in [0, 0.1) is 0 Å². The van der Waals surface area contributed by atoms with E-state index >= 15 is 0 Å². The molecule has 26 heavy (non-hydrogen) atoms. The third kappa shape index (κ3) is 3.25. The third-order valence-electron chi connectivity index (χ3n) is 3.87. The molecule has 5 nitrogen and oxygen atoms in total. The van der Waals surface area contributed by atoms with Gasteiger partial charge in [0.05, 0.1) is 16.3 Å². The molecule has 6 heteroatoms. The first kappa shape index (κ1) is 16.2. The van der Waals surface area contributed by atoms with Crippen LogP contribution in [0.3, 0.4) is 0 Å². The summed E-state index contributed by atoms with van der Waals surface area (Å²) in [5.41, 5.74) is 2.73. The van der Waals surface area contributed by atoms with Crippen molar-refractivity contribution in [3.8, 4) is 11.3 Å². The van der Waals surface area contributed by atoms with Crippen LogP contribution in [-0.2, 0) is 0 Å². The summed E-state index contributed by atoms with van der Waals surface area (Å²) in [5, 5.41) is 3.88. The van der Waals surface area contributed by atoms with Gasteiger partial charge in [-0.25, -0.2) is 9.97 Å². The van der Waals surface area contributed by atoms with Gasteiger partial charge in [-0.15, -0.1) is 0 Å². The Morgan fingerprint density at radius 1 is 0.962 bits per heavy atom. The molecule has 0 spiro atoms. The number of aromatic nitrogens is 3. The Morgan fingerprint density at radius 2 is 1.81 bits per heavy atom. The lowest BCUT2D eigenvalue weighted by molar-refractivity contribution is 0.102. The molecule has 126 valence electrons. The second kappa shape index (κ2) is 6.90. The number of nitrogens with zero attached hydrogens (tertiary/aromatic N) is 3. The van der Waals surface area contributed by atoms with Crippen LogP contribution in [0.15, 0.2) is 73.1 Å². The third-order valence-corrected chi connectivity index (χ3v) is 4.16. The molecule has 0 saturated carbocycles. The number of carbonyl (C=O) groups is 1. The Kier molecular flexibility index (Phi) is 4.29. The lowest BCUT2D eigenvalue weighted by atomic mass is 10.1. The van der Waals surface area contributed by atoms with E-state index in [2.05, 4.69) is 20.3 Å². The van der Waals surface area contributed by atoms with Crippen LogP contribution < -0.4 is 5.32 Å². The number of halogens is 1. The maximum Gasteiger partial charge on any atom is 0.258 e. The average Bonchev–Trinajstić information content (AvgIpc) is 2.69. The first-order chi connectivity index (χ1) is 12.7. The molecule has 0 unspecified atom stereocenters. The number of pyridine rings is 3. The topological polar surface area (TPSA) is 67.8 Å². The van der Waals surface area contributed by atoms with E-state index in [0.717, 1.165) is 16.6 Å². The van der Waals surface area contributed by atoms with Crippen molar-refractivity contribution in [2.75, 3.05) is 5.32 Å². The molecule has 0 saturated heterocycles. The van der Waals surface area contributed by atoms with Crippen molar-refractivity contribution in [1.29, 1.82) is 0 Å². The van der Waals surface area contributed by atoms with Crippen molar-refractivity contribution >= 4 is 34.4 Å². The Bertz CT molecular complexity index is 1080. The minimum absolute atomic E-state index is 0.273. The van der Waals surface area contributed by atoms with Gasteiger partial charge in [-0.3, -0.25) is 9.78 Å². The number of benzene rings is 1. The van der Waals surface area contributed by atoms with Crippen molar-refractivity contribution in [3.05, 3.63) is 83.6 Å². The highest BCUT2D eigenvalue weighted by molar-refractivity contribution is 6.34. The minimum atomic E-state index is -0.332. The molecule has 4 rings (SSSR count). The molecule has 0 aliphatic rings. The van der Waals surface area contributed by atoms with E-state index in [1.807, 2.05) is 36.4 Å². The zero-order chi connectivity index (χ0) is 17.9. The molecule has 1 N–H and O–H groups in total. The van der Waals surface area contributed by atoms with Crippen LogP contribution in [0.2, 0.25) is 5.02 Å². The number of carbonyl (C=O) groups excluding carboxylic acids is 1. The van der Waals surface area contributed by atoms with Crippen LogP contribution in [0.25, 0.3) is 22.3 Å². The van der Waals surface area contributed by atoms with Crippen molar-refractivity contribution < 1.29 is 4.79 Å². The first-order valence-electron chi connectivity index (χ1n) is 7.95. The quantitative estimate of drug-likeness (QED) is 0.580. The molecule has 1 aromatic carbocycles. The molecule has 0 bridgehead atoms. The average molecular weight is 361 g/mol. The second-order valence-corrected chi connectivity index (χ2v) is 6.03. The van der Waals surface area contributed by atoms with Gasteiger partial charge in [-0.05, 0) is 30.3 Å². The van der Waals surface area contributed by atoms with Gasteiger partial charge in [0.2, 0.25) is 0 Å². The zero-order valence-corrected chi connectivity index (χ0v) is 14.3. The normalized spacial score (nSPS) is 10.7. The summed E-state index contributed by atoms with van der Waals surface area (Å²) in [6.45, 7) is 0. The number of hydrogen-bond donors (Lipinski definition) is 1. The van der Waals surface area contributed by atoms with Crippen molar-refractivity contribution in [1.82, 2.24) is 15.0 Å². The Hall–Kier alpha value is -3.31. The standard InChI is InChI=1S/C20H13ClN4O/c21-16-11-14-7-4-10-22-18(14)24-19(16)25-20(26)15-8-9-17(23-12-15)13-5-2-1-3-6-13/h1-12H,(H,22,24,25,26). The van der Waals surface area contributed by atoms with Gasteiger partial charge in [0.1, 0.15) is 0 Å². The highest BCUT2D eigenvalue weighted by atomic mass is 35.5. The molecular weight excluding hydrogens is 348 g/mol. The van der Waals surface area contributed by atoms with E-state index in [9.17, 15) is 4.79 Å². The Morgan fingerprint density at radius 3 is 2.58 bits per heavy atom. The summed E-state index contributed by atoms with van der Waals surface area (Å²) in [4.78, 5) is 25.3. The fourth-order valence-electron chi connectivity index (χ4n) is 2.55. The number of fused-ring (bicyclic) bond motifs is 1. The predicted octanol–water partition coefficient (Wildman–Crippen LogP) is 4.60. The molecule has 4 aromatic rings. The summed E-state index contributed by atoms with van der Waals surface area (Å²) in [7, 11) is 0. The van der Waals surface area contributed by atoms with Crippen LogP contribution in [0.4, 0.5) is 5.82 Å². The minimum Gasteiger partial charge on any atom is -0.305 e. The van der Waals surface area contributed by atoms with Gasteiger partial charge in [0.15, 0.2) is 11.5 Å². The highest BCUT2D eigenvalue weighted by Gasteiger charge is 2.12. The molecule has 3 heterocycles. The van der Waals surface area contributed by atoms with E-state index in [4.69, 9.17) is 11.6 Å². The van der Waals surface area contributed by atoms with Gasteiger partial charge >= 0.3 is 0 Å². The fraction of sp³-hybridized carbons (Fsp3) is 0. The Balaban J connectivity index is 1.58. The summed E-state index contributed by atoms with van der Waals surface area (Å²) in [5.74, 6) is -0.0585. The molecule has 0 aliphatic carbocycles. The number of nitrogens with one attached hydrogen (secondary N) is 1. The zero-order valence-electron chi connectivity index (χ0n) is 13.6. The summed E-state index contributed by atoms with van der Waals surface area (Å²) >= 11 is 6.22. The van der Waals surface area contributed by atoms with Gasteiger partial charge in [-0.1, -0.05) is 41.9 Å². The Labute approximate surface area is 154 Å². The highest BCUT2D eigenvalue weighted by Crippen LogP contribution is 2.24. The van der Waals surface area contributed by atoms with Crippen LogP contribution >= 0.6 is 11.6 Å². The van der Waals surface area contributed by atoms with Crippen molar-refractivity contribution in [3.63, 3.8) is 0 Å². The predicted molar refractivity (Wildman–Crippen MR) is 102 cm³/mol. The maximum atomic E-state index is 12.5. The van der Waals surface area contributed by atoms with Gasteiger partial charge in [-0.2, -0.15) is 0 Å². The van der Waals surface area contributed by atoms with Gasteiger partial charge in [0.25, 0.3) is 5.91 Å². The summed E-state index contributed by atoms with van der Waals surface area (Å²) in [6, 6.07) is 18.7. The van der Waals surface area contributed by atoms with Crippen molar-refractivity contribution in [2.24, 2.45) is 0 Å². The summed E-state index contributed by atoms with van der Waals surface area (Å²) < 4.78 is 0. The molecule has 0 radical (unpaired) electrons.